The number of carbonyl (C=O) groups is 2. The molecule has 2 aromatic heterocycles. The third-order valence-corrected chi connectivity index (χ3v) is 3.87. The second-order valence-electron chi connectivity index (χ2n) is 6.12. The SMILES string of the molecule is CC1(C)OCC(COc2cc(C(=O)O)ccn2)O1.O=C(O)c1ccnc(Br)c1. The van der Waals surface area contributed by atoms with E-state index in [1.807, 2.05) is 13.8 Å². The van der Waals surface area contributed by atoms with Crippen LogP contribution in [0.4, 0.5) is 0 Å². The van der Waals surface area contributed by atoms with E-state index in [-0.39, 0.29) is 29.7 Å². The van der Waals surface area contributed by atoms with Gasteiger partial charge in [-0.15, -0.1) is 0 Å². The Morgan fingerprint density at radius 2 is 1.79 bits per heavy atom. The normalized spacial score (nSPS) is 17.3. The molecule has 1 aliphatic rings. The van der Waals surface area contributed by atoms with E-state index >= 15 is 0 Å². The molecule has 0 aliphatic carbocycles. The number of carboxylic acids is 2. The van der Waals surface area contributed by atoms with Crippen molar-refractivity contribution in [2.75, 3.05) is 13.2 Å². The van der Waals surface area contributed by atoms with Gasteiger partial charge in [-0.2, -0.15) is 0 Å². The van der Waals surface area contributed by atoms with Crippen LogP contribution in [0.1, 0.15) is 34.6 Å². The highest BCUT2D eigenvalue weighted by Gasteiger charge is 2.33. The number of pyridine rings is 2. The van der Waals surface area contributed by atoms with Gasteiger partial charge in [0.25, 0.3) is 0 Å². The van der Waals surface area contributed by atoms with Crippen molar-refractivity contribution in [2.45, 2.75) is 25.7 Å². The molecule has 1 atom stereocenters. The van der Waals surface area contributed by atoms with Crippen LogP contribution in [0, 0.1) is 0 Å². The Morgan fingerprint density at radius 1 is 1.18 bits per heavy atom. The van der Waals surface area contributed by atoms with E-state index < -0.39 is 17.7 Å². The second kappa shape index (κ2) is 9.58. The Balaban J connectivity index is 0.000000237. The highest BCUT2D eigenvalue weighted by Crippen LogP contribution is 2.22. The fourth-order valence-corrected chi connectivity index (χ4v) is 2.55. The van der Waals surface area contributed by atoms with Crippen LogP contribution in [-0.2, 0) is 9.47 Å². The first kappa shape index (κ1) is 21.7. The van der Waals surface area contributed by atoms with Gasteiger partial charge in [-0.05, 0) is 48.0 Å². The van der Waals surface area contributed by atoms with Gasteiger partial charge >= 0.3 is 11.9 Å². The molecule has 3 heterocycles. The number of ether oxygens (including phenoxy) is 3. The summed E-state index contributed by atoms with van der Waals surface area (Å²) in [5.74, 6) is -2.28. The average Bonchev–Trinajstić information content (AvgIpc) is 2.99. The van der Waals surface area contributed by atoms with E-state index in [9.17, 15) is 9.59 Å². The lowest BCUT2D eigenvalue weighted by Crippen LogP contribution is -2.25. The van der Waals surface area contributed by atoms with Crippen molar-refractivity contribution < 1.29 is 34.0 Å². The van der Waals surface area contributed by atoms with E-state index in [2.05, 4.69) is 25.9 Å². The maximum Gasteiger partial charge on any atom is 0.335 e. The van der Waals surface area contributed by atoms with Crippen LogP contribution < -0.4 is 4.74 Å². The first-order valence-corrected chi connectivity index (χ1v) is 8.94. The van der Waals surface area contributed by atoms with Crippen LogP contribution in [0.2, 0.25) is 0 Å². The fourth-order valence-electron chi connectivity index (χ4n) is 2.18. The molecule has 1 unspecified atom stereocenters. The van der Waals surface area contributed by atoms with Gasteiger partial charge in [0, 0.05) is 18.5 Å². The molecule has 0 saturated carbocycles. The molecule has 0 radical (unpaired) electrons. The van der Waals surface area contributed by atoms with Crippen LogP contribution in [0.5, 0.6) is 5.88 Å². The minimum atomic E-state index is -1.01. The molecule has 10 heteroatoms. The third kappa shape index (κ3) is 6.87. The Morgan fingerprint density at radius 3 is 2.29 bits per heavy atom. The molecule has 150 valence electrons. The van der Waals surface area contributed by atoms with Crippen molar-refractivity contribution in [3.63, 3.8) is 0 Å². The summed E-state index contributed by atoms with van der Waals surface area (Å²) in [6.45, 7) is 4.39. The van der Waals surface area contributed by atoms with Gasteiger partial charge in [0.1, 0.15) is 17.3 Å². The molecule has 0 bridgehead atoms. The zero-order valence-electron chi connectivity index (χ0n) is 15.2. The smallest absolute Gasteiger partial charge is 0.335 e. The van der Waals surface area contributed by atoms with Gasteiger partial charge in [-0.25, -0.2) is 19.6 Å². The van der Waals surface area contributed by atoms with Crippen LogP contribution in [0.15, 0.2) is 41.3 Å². The Labute approximate surface area is 169 Å². The Kier molecular flexibility index (Phi) is 7.44. The van der Waals surface area contributed by atoms with E-state index in [4.69, 9.17) is 24.4 Å². The van der Waals surface area contributed by atoms with Crippen LogP contribution >= 0.6 is 15.9 Å². The minimum Gasteiger partial charge on any atom is -0.478 e. The molecule has 1 saturated heterocycles. The lowest BCUT2D eigenvalue weighted by Gasteiger charge is -2.17. The first-order valence-electron chi connectivity index (χ1n) is 8.15. The summed E-state index contributed by atoms with van der Waals surface area (Å²) in [5, 5.41) is 17.3. The zero-order valence-corrected chi connectivity index (χ0v) is 16.7. The van der Waals surface area contributed by atoms with Crippen molar-refractivity contribution >= 4 is 27.9 Å². The maximum atomic E-state index is 10.8. The van der Waals surface area contributed by atoms with Crippen molar-refractivity contribution in [2.24, 2.45) is 0 Å². The number of nitrogens with zero attached hydrogens (tertiary/aromatic N) is 2. The highest BCUT2D eigenvalue weighted by atomic mass is 79.9. The van der Waals surface area contributed by atoms with Gasteiger partial charge in [0.05, 0.1) is 17.7 Å². The lowest BCUT2D eigenvalue weighted by molar-refractivity contribution is -0.141. The topological polar surface area (TPSA) is 128 Å². The fraction of sp³-hybridized carbons (Fsp3) is 0.333. The summed E-state index contributed by atoms with van der Waals surface area (Å²) >= 11 is 3.06. The first-order chi connectivity index (χ1) is 13.2. The van der Waals surface area contributed by atoms with Gasteiger partial charge in [-0.1, -0.05) is 0 Å². The summed E-state index contributed by atoms with van der Waals surface area (Å²) in [6.07, 6.45) is 2.66. The van der Waals surface area contributed by atoms with Gasteiger partial charge in [0.2, 0.25) is 5.88 Å². The van der Waals surface area contributed by atoms with Crippen molar-refractivity contribution in [3.8, 4) is 5.88 Å². The number of aromatic carboxylic acids is 2. The van der Waals surface area contributed by atoms with Crippen molar-refractivity contribution in [1.82, 2.24) is 9.97 Å². The predicted octanol–water partition coefficient (Wildman–Crippen LogP) is 2.85. The number of hydrogen-bond donors (Lipinski definition) is 2. The monoisotopic (exact) mass is 454 g/mol. The summed E-state index contributed by atoms with van der Waals surface area (Å²) in [4.78, 5) is 28.8. The van der Waals surface area contributed by atoms with E-state index in [0.29, 0.717) is 11.2 Å². The van der Waals surface area contributed by atoms with Gasteiger partial charge in [-0.3, -0.25) is 0 Å². The van der Waals surface area contributed by atoms with Crippen LogP contribution in [0.25, 0.3) is 0 Å². The number of hydrogen-bond acceptors (Lipinski definition) is 7. The summed E-state index contributed by atoms with van der Waals surface area (Å²) in [5.41, 5.74) is 0.380. The molecule has 1 aliphatic heterocycles. The predicted molar refractivity (Wildman–Crippen MR) is 100 cm³/mol. The molecule has 0 aromatic carbocycles. The molecule has 28 heavy (non-hydrogen) atoms. The molecular weight excluding hydrogens is 436 g/mol. The Hall–Kier alpha value is -2.56. The summed E-state index contributed by atoms with van der Waals surface area (Å²) in [7, 11) is 0. The van der Waals surface area contributed by atoms with E-state index in [1.165, 1.54) is 36.7 Å². The number of halogens is 1. The number of rotatable bonds is 5. The number of carboxylic acid groups (broad SMARTS) is 2. The molecule has 1 fully saturated rings. The van der Waals surface area contributed by atoms with E-state index in [0.717, 1.165) is 0 Å². The molecule has 3 rings (SSSR count). The molecular formula is C18H19BrN2O7. The molecule has 0 spiro atoms. The van der Waals surface area contributed by atoms with Crippen molar-refractivity contribution in [3.05, 3.63) is 52.4 Å². The van der Waals surface area contributed by atoms with E-state index in [1.54, 1.807) is 0 Å². The summed E-state index contributed by atoms with van der Waals surface area (Å²) in [6, 6.07) is 5.67. The number of aromatic nitrogens is 2. The van der Waals surface area contributed by atoms with Gasteiger partial charge in [0.15, 0.2) is 5.79 Å². The maximum absolute atomic E-state index is 10.8. The van der Waals surface area contributed by atoms with Crippen LogP contribution in [-0.4, -0.2) is 57.2 Å². The quantitative estimate of drug-likeness (QED) is 0.654. The molecule has 2 aromatic rings. The lowest BCUT2D eigenvalue weighted by atomic mass is 10.3. The zero-order chi connectivity index (χ0) is 20.7. The molecule has 0 amide bonds. The summed E-state index contributed by atoms with van der Waals surface area (Å²) < 4.78 is 16.9. The second-order valence-corrected chi connectivity index (χ2v) is 6.93. The largest absolute Gasteiger partial charge is 0.478 e. The average molecular weight is 455 g/mol. The Bertz CT molecular complexity index is 844. The molecule has 2 N–H and O–H groups in total. The van der Waals surface area contributed by atoms with Crippen molar-refractivity contribution in [1.29, 1.82) is 0 Å². The third-order valence-electron chi connectivity index (χ3n) is 3.44. The molecule has 9 nitrogen and oxygen atoms in total. The van der Waals surface area contributed by atoms with Crippen LogP contribution in [0.3, 0.4) is 0 Å². The van der Waals surface area contributed by atoms with Gasteiger partial charge < -0.3 is 24.4 Å². The highest BCUT2D eigenvalue weighted by molar-refractivity contribution is 9.10. The minimum absolute atomic E-state index is 0.143. The standard InChI is InChI=1S/C12H15NO5.C6H4BrNO2/c1-12(2)17-7-9(18-12)6-16-10-5-8(11(14)15)3-4-13-10;7-5-3-4(6(9)10)1-2-8-5/h3-5,9H,6-7H2,1-2H3,(H,14,15);1-3H,(H,9,10).